The van der Waals surface area contributed by atoms with Crippen molar-refractivity contribution in [3.63, 3.8) is 0 Å². The molecule has 0 saturated heterocycles. The average Bonchev–Trinajstić information content (AvgIpc) is 2.69. The van der Waals surface area contributed by atoms with E-state index in [4.69, 9.17) is 0 Å². The quantitative estimate of drug-likeness (QED) is 0.763. The Morgan fingerprint density at radius 2 is 2.33 bits per heavy atom. The summed E-state index contributed by atoms with van der Waals surface area (Å²) in [4.78, 5) is 22.4. The van der Waals surface area contributed by atoms with Gasteiger partial charge in [-0.2, -0.15) is 0 Å². The minimum Gasteiger partial charge on any atom is -0.335 e. The van der Waals surface area contributed by atoms with Gasteiger partial charge in [-0.15, -0.1) is 0 Å². The third kappa shape index (κ3) is 2.02. The molecule has 5 heteroatoms. The van der Waals surface area contributed by atoms with E-state index in [2.05, 4.69) is 15.0 Å². The normalized spacial score (nSPS) is 10.7. The monoisotopic (exact) mass is 204 g/mol. The van der Waals surface area contributed by atoms with E-state index >= 15 is 0 Å². The Morgan fingerprint density at radius 3 is 3.07 bits per heavy atom. The summed E-state index contributed by atoms with van der Waals surface area (Å²) < 4.78 is 0. The Balaban J connectivity index is 2.25. The molecule has 2 heterocycles. The molecule has 15 heavy (non-hydrogen) atoms. The minimum absolute atomic E-state index is 0.123. The number of hydrogen-bond donors (Lipinski definition) is 1. The Hall–Kier alpha value is -1.75. The third-order valence-electron chi connectivity index (χ3n) is 2.10. The van der Waals surface area contributed by atoms with Crippen molar-refractivity contribution in [3.8, 4) is 0 Å². The standard InChI is InChI=1S/C10H10N3O2/c14-5-1-2-9(15)10-12-7-3-4-11-6-8(7)13-10/h3-4,6H,1-2,5H2,(H,12,13). The number of rotatable bonds is 4. The number of carbonyl (C=O) groups excluding carboxylic acids is 1. The molecule has 0 saturated carbocycles. The topological polar surface area (TPSA) is 78.5 Å². The number of H-pyrrole nitrogens is 1. The number of hydrogen-bond acceptors (Lipinski definition) is 3. The zero-order valence-electron chi connectivity index (χ0n) is 8.06. The summed E-state index contributed by atoms with van der Waals surface area (Å²) in [5.74, 6) is 0.188. The second kappa shape index (κ2) is 4.18. The van der Waals surface area contributed by atoms with Gasteiger partial charge in [-0.25, -0.2) is 10.1 Å². The van der Waals surface area contributed by atoms with Crippen LogP contribution in [0.2, 0.25) is 0 Å². The zero-order chi connectivity index (χ0) is 10.7. The Kier molecular flexibility index (Phi) is 2.73. The lowest BCUT2D eigenvalue weighted by atomic mass is 10.2. The maximum absolute atomic E-state index is 11.5. The van der Waals surface area contributed by atoms with Gasteiger partial charge in [-0.1, -0.05) is 0 Å². The van der Waals surface area contributed by atoms with Gasteiger partial charge in [0.25, 0.3) is 0 Å². The van der Waals surface area contributed by atoms with Crippen molar-refractivity contribution in [2.24, 2.45) is 0 Å². The maximum atomic E-state index is 11.5. The summed E-state index contributed by atoms with van der Waals surface area (Å²) in [7, 11) is 0. The Labute approximate surface area is 86.2 Å². The van der Waals surface area contributed by atoms with E-state index in [0.717, 1.165) is 5.52 Å². The summed E-state index contributed by atoms with van der Waals surface area (Å²) in [6.45, 7) is -0.229. The highest BCUT2D eigenvalue weighted by molar-refractivity contribution is 5.95. The second-order valence-electron chi connectivity index (χ2n) is 3.21. The lowest BCUT2D eigenvalue weighted by molar-refractivity contribution is 0.0950. The lowest BCUT2D eigenvalue weighted by Gasteiger charge is -1.92. The molecule has 0 bridgehead atoms. The van der Waals surface area contributed by atoms with E-state index in [9.17, 15) is 9.90 Å². The maximum Gasteiger partial charge on any atom is 0.198 e. The molecule has 0 aliphatic rings. The average molecular weight is 204 g/mol. The molecule has 2 aromatic rings. The second-order valence-corrected chi connectivity index (χ2v) is 3.21. The number of carbonyl (C=O) groups is 1. The fraction of sp³-hybridized carbons (Fsp3) is 0.300. The predicted octanol–water partition coefficient (Wildman–Crippen LogP) is 1.35. The van der Waals surface area contributed by atoms with Crippen LogP contribution in [0.5, 0.6) is 0 Å². The van der Waals surface area contributed by atoms with Gasteiger partial charge >= 0.3 is 0 Å². The van der Waals surface area contributed by atoms with E-state index in [0.29, 0.717) is 17.8 Å². The molecule has 5 nitrogen and oxygen atoms in total. The first kappa shape index (κ1) is 9.79. The van der Waals surface area contributed by atoms with Crippen molar-refractivity contribution in [2.45, 2.75) is 12.8 Å². The number of fused-ring (bicyclic) bond motifs is 1. The van der Waals surface area contributed by atoms with Crippen LogP contribution in [0.3, 0.4) is 0 Å². The van der Waals surface area contributed by atoms with E-state index < -0.39 is 0 Å². The lowest BCUT2D eigenvalue weighted by Crippen LogP contribution is -2.02. The molecule has 0 atom stereocenters. The van der Waals surface area contributed by atoms with Crippen LogP contribution in [0.25, 0.3) is 11.0 Å². The van der Waals surface area contributed by atoms with Gasteiger partial charge in [-0.05, 0) is 12.5 Å². The number of imidazole rings is 1. The van der Waals surface area contributed by atoms with Crippen molar-refractivity contribution < 1.29 is 9.90 Å². The van der Waals surface area contributed by atoms with Crippen LogP contribution in [0.15, 0.2) is 18.5 Å². The number of aromatic nitrogens is 3. The van der Waals surface area contributed by atoms with Crippen molar-refractivity contribution in [1.82, 2.24) is 15.0 Å². The molecule has 0 amide bonds. The van der Waals surface area contributed by atoms with Gasteiger partial charge in [-0.3, -0.25) is 9.78 Å². The molecule has 0 aliphatic heterocycles. The van der Waals surface area contributed by atoms with Gasteiger partial charge in [0.05, 0.1) is 18.3 Å². The smallest absolute Gasteiger partial charge is 0.198 e. The van der Waals surface area contributed by atoms with Crippen LogP contribution in [0, 0.1) is 0 Å². The van der Waals surface area contributed by atoms with Gasteiger partial charge in [0, 0.05) is 12.6 Å². The van der Waals surface area contributed by atoms with E-state index in [1.54, 1.807) is 18.5 Å². The Morgan fingerprint density at radius 1 is 1.47 bits per heavy atom. The summed E-state index contributed by atoms with van der Waals surface area (Å²) >= 11 is 0. The SMILES string of the molecule is [O]CCCC(=O)c1nc2cnccc2[nH]1. The first-order valence-corrected chi connectivity index (χ1v) is 4.72. The van der Waals surface area contributed by atoms with Crippen LogP contribution >= 0.6 is 0 Å². The highest BCUT2D eigenvalue weighted by Gasteiger charge is 2.10. The van der Waals surface area contributed by atoms with E-state index in [-0.39, 0.29) is 18.8 Å². The molecular weight excluding hydrogens is 194 g/mol. The van der Waals surface area contributed by atoms with Crippen LogP contribution in [-0.2, 0) is 5.11 Å². The molecule has 0 spiro atoms. The van der Waals surface area contributed by atoms with Gasteiger partial charge < -0.3 is 4.98 Å². The molecule has 0 aromatic carbocycles. The molecule has 77 valence electrons. The van der Waals surface area contributed by atoms with E-state index in [1.807, 2.05) is 0 Å². The fourth-order valence-corrected chi connectivity index (χ4v) is 1.34. The van der Waals surface area contributed by atoms with Crippen LogP contribution < -0.4 is 0 Å². The Bertz CT molecular complexity index is 445. The third-order valence-corrected chi connectivity index (χ3v) is 2.10. The summed E-state index contributed by atoms with van der Waals surface area (Å²) in [5.41, 5.74) is 1.46. The van der Waals surface area contributed by atoms with Gasteiger partial charge in [0.1, 0.15) is 5.52 Å². The number of aromatic amines is 1. The van der Waals surface area contributed by atoms with Crippen molar-refractivity contribution in [2.75, 3.05) is 6.61 Å². The largest absolute Gasteiger partial charge is 0.335 e. The molecule has 1 radical (unpaired) electrons. The number of ketones is 1. The summed E-state index contributed by atoms with van der Waals surface area (Å²) in [6, 6.07) is 1.76. The number of nitrogens with one attached hydrogen (secondary N) is 1. The van der Waals surface area contributed by atoms with E-state index in [1.165, 1.54) is 0 Å². The highest BCUT2D eigenvalue weighted by Crippen LogP contribution is 2.10. The number of nitrogens with zero attached hydrogens (tertiary/aromatic N) is 2. The minimum atomic E-state index is -0.229. The van der Waals surface area contributed by atoms with Crippen LogP contribution in [0.1, 0.15) is 23.5 Å². The summed E-state index contributed by atoms with van der Waals surface area (Å²) in [5, 5.41) is 10.2. The molecular formula is C10H10N3O2. The van der Waals surface area contributed by atoms with Crippen LogP contribution in [-0.4, -0.2) is 27.3 Å². The van der Waals surface area contributed by atoms with Gasteiger partial charge in [0.2, 0.25) is 0 Å². The molecule has 0 unspecified atom stereocenters. The predicted molar refractivity (Wildman–Crippen MR) is 53.0 cm³/mol. The van der Waals surface area contributed by atoms with Gasteiger partial charge in [0.15, 0.2) is 11.6 Å². The zero-order valence-corrected chi connectivity index (χ0v) is 8.06. The number of Topliss-reactive ketones (excluding diaryl/α,β-unsaturated/α-hetero) is 1. The highest BCUT2D eigenvalue weighted by atomic mass is 16.3. The number of pyridine rings is 1. The van der Waals surface area contributed by atoms with Crippen molar-refractivity contribution >= 4 is 16.8 Å². The van der Waals surface area contributed by atoms with Crippen molar-refractivity contribution in [1.29, 1.82) is 0 Å². The molecule has 0 fully saturated rings. The van der Waals surface area contributed by atoms with Crippen LogP contribution in [0.4, 0.5) is 0 Å². The first-order chi connectivity index (χ1) is 7.31. The molecule has 2 aromatic heterocycles. The molecule has 1 N–H and O–H groups in total. The van der Waals surface area contributed by atoms with Crippen molar-refractivity contribution in [3.05, 3.63) is 24.3 Å². The molecule has 0 aliphatic carbocycles. The molecule has 2 rings (SSSR count). The fourth-order valence-electron chi connectivity index (χ4n) is 1.34. The first-order valence-electron chi connectivity index (χ1n) is 4.72. The summed E-state index contributed by atoms with van der Waals surface area (Å²) in [6.07, 6.45) is 3.83.